The summed E-state index contributed by atoms with van der Waals surface area (Å²) >= 11 is 1.08. The molecule has 1 aromatic heterocycles. The van der Waals surface area contributed by atoms with Crippen LogP contribution in [0.5, 0.6) is 0 Å². The van der Waals surface area contributed by atoms with Gasteiger partial charge in [0, 0.05) is 53.1 Å². The van der Waals surface area contributed by atoms with E-state index in [2.05, 4.69) is 41.1 Å². The average molecular weight is 365 g/mol. The van der Waals surface area contributed by atoms with Crippen LogP contribution in [0.1, 0.15) is 44.2 Å². The maximum absolute atomic E-state index is 11.8. The Morgan fingerprint density at radius 3 is 2.84 bits per heavy atom. The SMILES string of the molecule is CCN1c2cc3oc(=O)cc(C)c3cc2C(CSOOO)CC1(C)C. The van der Waals surface area contributed by atoms with Crippen molar-refractivity contribution >= 4 is 28.7 Å². The van der Waals surface area contributed by atoms with E-state index in [1.54, 1.807) is 0 Å². The van der Waals surface area contributed by atoms with E-state index in [-0.39, 0.29) is 17.1 Å². The molecule has 6 nitrogen and oxygen atoms in total. The van der Waals surface area contributed by atoms with Gasteiger partial charge in [-0.1, -0.05) is 5.04 Å². The Labute approximate surface area is 150 Å². The minimum Gasteiger partial charge on any atom is -0.423 e. The van der Waals surface area contributed by atoms with E-state index in [9.17, 15) is 4.79 Å². The highest BCUT2D eigenvalue weighted by molar-refractivity contribution is 7.94. The van der Waals surface area contributed by atoms with Crippen LogP contribution in [0.25, 0.3) is 11.0 Å². The Bertz CT molecular complexity index is 832. The van der Waals surface area contributed by atoms with Crippen molar-refractivity contribution in [3.8, 4) is 0 Å². The molecular formula is C18H23NO5S. The summed E-state index contributed by atoms with van der Waals surface area (Å²) < 4.78 is 10.0. The molecule has 2 heterocycles. The third-order valence-electron chi connectivity index (χ3n) is 4.97. The van der Waals surface area contributed by atoms with Gasteiger partial charge in [-0.3, -0.25) is 0 Å². The monoisotopic (exact) mass is 365 g/mol. The number of fused-ring (bicyclic) bond motifs is 2. The number of rotatable bonds is 5. The predicted molar refractivity (Wildman–Crippen MR) is 98.9 cm³/mol. The number of nitrogens with zero attached hydrogens (tertiary/aromatic N) is 1. The highest BCUT2D eigenvalue weighted by Gasteiger charge is 2.37. The van der Waals surface area contributed by atoms with Crippen LogP contribution in [-0.2, 0) is 9.37 Å². The Kier molecular flexibility index (Phi) is 5.11. The van der Waals surface area contributed by atoms with E-state index in [4.69, 9.17) is 9.67 Å². The molecule has 2 aromatic rings. The fraction of sp³-hybridized carbons (Fsp3) is 0.500. The molecule has 7 heteroatoms. The lowest BCUT2D eigenvalue weighted by Crippen LogP contribution is -2.48. The van der Waals surface area contributed by atoms with Gasteiger partial charge in [-0.25, -0.2) is 10.1 Å². The second kappa shape index (κ2) is 6.99. The molecule has 25 heavy (non-hydrogen) atoms. The molecule has 0 spiro atoms. The second-order valence-electron chi connectivity index (χ2n) is 7.04. The Hall–Kier alpha value is -1.54. The van der Waals surface area contributed by atoms with Gasteiger partial charge in [0.25, 0.3) is 0 Å². The molecule has 0 fully saturated rings. The fourth-order valence-corrected chi connectivity index (χ4v) is 4.52. The van der Waals surface area contributed by atoms with E-state index in [0.29, 0.717) is 11.3 Å². The van der Waals surface area contributed by atoms with Crippen molar-refractivity contribution in [1.82, 2.24) is 0 Å². The van der Waals surface area contributed by atoms with Crippen molar-refractivity contribution in [2.24, 2.45) is 0 Å². The van der Waals surface area contributed by atoms with Crippen molar-refractivity contribution in [1.29, 1.82) is 0 Å². The smallest absolute Gasteiger partial charge is 0.336 e. The topological polar surface area (TPSA) is 72.1 Å². The first kappa shape index (κ1) is 18.3. The van der Waals surface area contributed by atoms with Crippen LogP contribution in [0.4, 0.5) is 5.69 Å². The molecule has 3 rings (SSSR count). The molecule has 0 bridgehead atoms. The first-order chi connectivity index (χ1) is 11.9. The summed E-state index contributed by atoms with van der Waals surface area (Å²) in [6.45, 7) is 9.31. The molecule has 0 saturated carbocycles. The van der Waals surface area contributed by atoms with Crippen molar-refractivity contribution < 1.29 is 19.0 Å². The lowest BCUT2D eigenvalue weighted by atomic mass is 9.79. The van der Waals surface area contributed by atoms with Crippen LogP contribution in [-0.4, -0.2) is 23.1 Å². The summed E-state index contributed by atoms with van der Waals surface area (Å²) in [4.78, 5) is 14.1. The van der Waals surface area contributed by atoms with Crippen LogP contribution in [0.3, 0.4) is 0 Å². The van der Waals surface area contributed by atoms with Crippen LogP contribution >= 0.6 is 12.0 Å². The van der Waals surface area contributed by atoms with Gasteiger partial charge < -0.3 is 9.32 Å². The molecule has 1 aliphatic rings. The van der Waals surface area contributed by atoms with E-state index >= 15 is 0 Å². The summed E-state index contributed by atoms with van der Waals surface area (Å²) in [5, 5.41) is 13.1. The van der Waals surface area contributed by atoms with Gasteiger partial charge in [0.2, 0.25) is 0 Å². The zero-order valence-electron chi connectivity index (χ0n) is 14.9. The molecule has 136 valence electrons. The van der Waals surface area contributed by atoms with Gasteiger partial charge in [-0.05, 0) is 57.2 Å². The highest BCUT2D eigenvalue weighted by atomic mass is 32.2. The summed E-state index contributed by atoms with van der Waals surface area (Å²) in [7, 11) is 0. The minimum atomic E-state index is -0.330. The van der Waals surface area contributed by atoms with Crippen LogP contribution < -0.4 is 10.5 Å². The normalized spacial score (nSPS) is 19.2. The molecule has 1 unspecified atom stereocenters. The lowest BCUT2D eigenvalue weighted by molar-refractivity contribution is -0.432. The molecule has 0 aliphatic carbocycles. The number of benzene rings is 1. The maximum atomic E-state index is 11.8. The van der Waals surface area contributed by atoms with Crippen molar-refractivity contribution in [3.63, 3.8) is 0 Å². The Morgan fingerprint density at radius 2 is 2.16 bits per heavy atom. The number of aryl methyl sites for hydroxylation is 1. The van der Waals surface area contributed by atoms with Gasteiger partial charge >= 0.3 is 5.63 Å². The van der Waals surface area contributed by atoms with E-state index in [1.807, 2.05) is 13.0 Å². The largest absolute Gasteiger partial charge is 0.423 e. The first-order valence-electron chi connectivity index (χ1n) is 8.33. The van der Waals surface area contributed by atoms with Crippen molar-refractivity contribution in [2.45, 2.75) is 45.6 Å². The molecule has 1 aromatic carbocycles. The number of hydrogen-bond acceptors (Lipinski definition) is 7. The molecule has 1 aliphatic heterocycles. The van der Waals surface area contributed by atoms with Crippen LogP contribution in [0.15, 0.2) is 27.4 Å². The van der Waals surface area contributed by atoms with Crippen LogP contribution in [0.2, 0.25) is 0 Å². The summed E-state index contributed by atoms with van der Waals surface area (Å²) in [5.74, 6) is 0.874. The molecule has 0 radical (unpaired) electrons. The molecular weight excluding hydrogens is 342 g/mol. The molecule has 1 N–H and O–H groups in total. The predicted octanol–water partition coefficient (Wildman–Crippen LogP) is 4.26. The van der Waals surface area contributed by atoms with Crippen molar-refractivity contribution in [3.05, 3.63) is 39.7 Å². The standard InChI is InChI=1S/C18H23NO5S/c1-5-19-15-8-16-13(11(2)6-17(20)22-16)7-14(15)12(9-18(19,3)4)10-25-24-23-21/h6-8,12,21H,5,9-10H2,1-4H3. The number of anilines is 1. The highest BCUT2D eigenvalue weighted by Crippen LogP contribution is 2.46. The zero-order valence-corrected chi connectivity index (χ0v) is 15.7. The van der Waals surface area contributed by atoms with Gasteiger partial charge in [-0.2, -0.15) is 0 Å². The van der Waals surface area contributed by atoms with E-state index < -0.39 is 0 Å². The van der Waals surface area contributed by atoms with Crippen LogP contribution in [0, 0.1) is 6.92 Å². The van der Waals surface area contributed by atoms with E-state index in [0.717, 1.165) is 41.6 Å². The summed E-state index contributed by atoms with van der Waals surface area (Å²) in [6, 6.07) is 5.61. The van der Waals surface area contributed by atoms with E-state index in [1.165, 1.54) is 11.6 Å². The second-order valence-corrected chi connectivity index (χ2v) is 7.75. The summed E-state index contributed by atoms with van der Waals surface area (Å²) in [5.41, 5.74) is 3.41. The molecule has 0 saturated heterocycles. The minimum absolute atomic E-state index is 0.0507. The van der Waals surface area contributed by atoms with Gasteiger partial charge in [0.05, 0.1) is 0 Å². The maximum Gasteiger partial charge on any atom is 0.336 e. The molecule has 0 amide bonds. The first-order valence-corrected chi connectivity index (χ1v) is 9.24. The zero-order chi connectivity index (χ0) is 18.2. The average Bonchev–Trinajstić information content (AvgIpc) is 2.53. The molecule has 1 atom stereocenters. The number of hydrogen-bond donors (Lipinski definition) is 1. The quantitative estimate of drug-likeness (QED) is 0.279. The Morgan fingerprint density at radius 1 is 1.40 bits per heavy atom. The van der Waals surface area contributed by atoms with Gasteiger partial charge in [0.1, 0.15) is 5.58 Å². The Balaban J connectivity index is 2.16. The van der Waals surface area contributed by atoms with Gasteiger partial charge in [0.15, 0.2) is 0 Å². The third kappa shape index (κ3) is 3.42. The van der Waals surface area contributed by atoms with Crippen molar-refractivity contribution in [2.75, 3.05) is 17.2 Å². The lowest BCUT2D eigenvalue weighted by Gasteiger charge is -2.47. The van der Waals surface area contributed by atoms with Gasteiger partial charge in [-0.15, -0.1) is 4.33 Å². The third-order valence-corrected chi connectivity index (χ3v) is 5.67. The summed E-state index contributed by atoms with van der Waals surface area (Å²) in [6.07, 6.45) is 0.941. The fourth-order valence-electron chi connectivity index (χ4n) is 3.96.